The normalized spacial score (nSPS) is 18.5. The van der Waals surface area contributed by atoms with Crippen molar-refractivity contribution < 1.29 is 23.8 Å². The summed E-state index contributed by atoms with van der Waals surface area (Å²) in [6, 6.07) is 19.6. The minimum absolute atomic E-state index is 0.0810. The van der Waals surface area contributed by atoms with Crippen LogP contribution in [0.4, 0.5) is 0 Å². The number of carbonyl (C=O) groups excluding carboxylic acids is 1. The summed E-state index contributed by atoms with van der Waals surface area (Å²) in [4.78, 5) is 11.5. The van der Waals surface area contributed by atoms with Crippen LogP contribution in [0.5, 0.6) is 5.75 Å². The number of ether oxygens (including phenoxy) is 2. The third-order valence-electron chi connectivity index (χ3n) is 5.90. The fourth-order valence-electron chi connectivity index (χ4n) is 4.25. The van der Waals surface area contributed by atoms with E-state index in [2.05, 4.69) is 6.07 Å². The standard InChI is InChI=1S/C27H24O5/c28-15-19-11-22-13-24(4-5-25(22)26(12-19)21-6-8-30-17-21)32-16-18-2-1-3-20(10-18)27-14-23(29)7-9-31-27/h1-6,8,10-13,15,17,23,27,29H,7,9,14,16H2. The van der Waals surface area contributed by atoms with E-state index in [0.717, 1.165) is 45.1 Å². The molecular weight excluding hydrogens is 404 g/mol. The second kappa shape index (κ2) is 8.99. The molecule has 2 atom stereocenters. The number of hydrogen-bond acceptors (Lipinski definition) is 5. The summed E-state index contributed by atoms with van der Waals surface area (Å²) in [5.41, 5.74) is 4.58. The van der Waals surface area contributed by atoms with Gasteiger partial charge < -0.3 is 19.0 Å². The van der Waals surface area contributed by atoms with Gasteiger partial charge in [0.2, 0.25) is 0 Å². The molecule has 4 aromatic rings. The van der Waals surface area contributed by atoms with Crippen molar-refractivity contribution in [2.24, 2.45) is 0 Å². The summed E-state index contributed by atoms with van der Waals surface area (Å²) in [6.07, 6.45) is 5.07. The van der Waals surface area contributed by atoms with Crippen molar-refractivity contribution in [1.29, 1.82) is 0 Å². The molecule has 0 spiro atoms. The van der Waals surface area contributed by atoms with E-state index in [-0.39, 0.29) is 12.2 Å². The predicted octanol–water partition coefficient (Wildman–Crippen LogP) is 5.70. The highest BCUT2D eigenvalue weighted by molar-refractivity contribution is 6.00. The molecule has 1 fully saturated rings. The lowest BCUT2D eigenvalue weighted by atomic mass is 9.97. The molecule has 5 heteroatoms. The lowest BCUT2D eigenvalue weighted by molar-refractivity contribution is -0.0448. The zero-order chi connectivity index (χ0) is 21.9. The fourth-order valence-corrected chi connectivity index (χ4v) is 4.25. The molecule has 0 aliphatic carbocycles. The maximum absolute atomic E-state index is 11.5. The van der Waals surface area contributed by atoms with Gasteiger partial charge in [-0.3, -0.25) is 4.79 Å². The Morgan fingerprint density at radius 1 is 1.09 bits per heavy atom. The quantitative estimate of drug-likeness (QED) is 0.399. The van der Waals surface area contributed by atoms with E-state index in [0.29, 0.717) is 31.6 Å². The third-order valence-corrected chi connectivity index (χ3v) is 5.90. The molecule has 0 bridgehead atoms. The Hall–Kier alpha value is -3.41. The minimum Gasteiger partial charge on any atom is -0.489 e. The number of rotatable bonds is 6. The third kappa shape index (κ3) is 4.31. The minimum atomic E-state index is -0.311. The lowest BCUT2D eigenvalue weighted by Gasteiger charge is -2.27. The Labute approximate surface area is 186 Å². The van der Waals surface area contributed by atoms with Crippen molar-refractivity contribution in [3.63, 3.8) is 0 Å². The van der Waals surface area contributed by atoms with Crippen molar-refractivity contribution in [2.75, 3.05) is 6.61 Å². The van der Waals surface area contributed by atoms with Crippen LogP contribution in [-0.4, -0.2) is 24.1 Å². The summed E-state index contributed by atoms with van der Waals surface area (Å²) in [6.45, 7) is 0.990. The van der Waals surface area contributed by atoms with Crippen molar-refractivity contribution >= 4 is 17.1 Å². The molecule has 2 unspecified atom stereocenters. The second-order valence-corrected chi connectivity index (χ2v) is 8.15. The summed E-state index contributed by atoms with van der Waals surface area (Å²) in [5.74, 6) is 0.730. The maximum atomic E-state index is 11.5. The van der Waals surface area contributed by atoms with Crippen molar-refractivity contribution in [3.8, 4) is 16.9 Å². The van der Waals surface area contributed by atoms with Gasteiger partial charge in [0.1, 0.15) is 18.6 Å². The van der Waals surface area contributed by atoms with Crippen molar-refractivity contribution in [2.45, 2.75) is 31.7 Å². The number of aliphatic hydroxyl groups excluding tert-OH is 1. The monoisotopic (exact) mass is 428 g/mol. The van der Waals surface area contributed by atoms with Crippen LogP contribution in [0.1, 0.15) is 40.4 Å². The first-order valence-corrected chi connectivity index (χ1v) is 10.8. The summed E-state index contributed by atoms with van der Waals surface area (Å²) >= 11 is 0. The van der Waals surface area contributed by atoms with Crippen LogP contribution in [0, 0.1) is 0 Å². The average molecular weight is 428 g/mol. The van der Waals surface area contributed by atoms with Crippen molar-refractivity contribution in [1.82, 2.24) is 0 Å². The Bertz CT molecular complexity index is 1230. The molecule has 1 aliphatic heterocycles. The number of fused-ring (bicyclic) bond motifs is 1. The molecule has 1 aliphatic rings. The molecule has 5 rings (SSSR count). The highest BCUT2D eigenvalue weighted by Crippen LogP contribution is 2.33. The van der Waals surface area contributed by atoms with Gasteiger partial charge in [-0.05, 0) is 70.3 Å². The van der Waals surface area contributed by atoms with E-state index in [1.807, 2.05) is 54.6 Å². The number of furan rings is 1. The lowest BCUT2D eigenvalue weighted by Crippen LogP contribution is -2.23. The van der Waals surface area contributed by atoms with Gasteiger partial charge in [0.05, 0.1) is 24.7 Å². The maximum Gasteiger partial charge on any atom is 0.150 e. The van der Waals surface area contributed by atoms with Crippen LogP contribution in [0.2, 0.25) is 0 Å². The first kappa shape index (κ1) is 20.5. The second-order valence-electron chi connectivity index (χ2n) is 8.15. The number of aliphatic hydroxyl groups is 1. The van der Waals surface area contributed by atoms with Crippen LogP contribution < -0.4 is 4.74 Å². The summed E-state index contributed by atoms with van der Waals surface area (Å²) < 4.78 is 17.1. The van der Waals surface area contributed by atoms with Crippen LogP contribution in [-0.2, 0) is 11.3 Å². The molecule has 1 saturated heterocycles. The number of aldehydes is 1. The Balaban J connectivity index is 1.37. The van der Waals surface area contributed by atoms with Gasteiger partial charge in [-0.15, -0.1) is 0 Å². The van der Waals surface area contributed by atoms with Gasteiger partial charge in [-0.25, -0.2) is 0 Å². The Morgan fingerprint density at radius 2 is 2.03 bits per heavy atom. The molecule has 0 amide bonds. The van der Waals surface area contributed by atoms with Crippen LogP contribution in [0.3, 0.4) is 0 Å². The van der Waals surface area contributed by atoms with Crippen LogP contribution in [0.15, 0.2) is 77.6 Å². The van der Waals surface area contributed by atoms with E-state index in [9.17, 15) is 9.90 Å². The van der Waals surface area contributed by atoms with Gasteiger partial charge in [0.15, 0.2) is 0 Å². The molecule has 1 aromatic heterocycles. The van der Waals surface area contributed by atoms with Crippen LogP contribution >= 0.6 is 0 Å². The van der Waals surface area contributed by atoms with Gasteiger partial charge in [0, 0.05) is 24.2 Å². The molecule has 162 valence electrons. The Kier molecular flexibility index (Phi) is 5.75. The number of benzene rings is 3. The van der Waals surface area contributed by atoms with E-state index in [1.54, 1.807) is 12.5 Å². The largest absolute Gasteiger partial charge is 0.489 e. The van der Waals surface area contributed by atoms with Crippen LogP contribution in [0.25, 0.3) is 21.9 Å². The summed E-state index contributed by atoms with van der Waals surface area (Å²) in [7, 11) is 0. The molecule has 3 aromatic carbocycles. The molecule has 5 nitrogen and oxygen atoms in total. The zero-order valence-electron chi connectivity index (χ0n) is 17.6. The van der Waals surface area contributed by atoms with Gasteiger partial charge in [-0.1, -0.05) is 24.3 Å². The topological polar surface area (TPSA) is 68.9 Å². The Morgan fingerprint density at radius 3 is 2.84 bits per heavy atom. The zero-order valence-corrected chi connectivity index (χ0v) is 17.6. The molecule has 0 radical (unpaired) electrons. The van der Waals surface area contributed by atoms with E-state index >= 15 is 0 Å². The van der Waals surface area contributed by atoms with E-state index in [4.69, 9.17) is 13.9 Å². The van der Waals surface area contributed by atoms with E-state index < -0.39 is 0 Å². The predicted molar refractivity (Wildman–Crippen MR) is 122 cm³/mol. The fraction of sp³-hybridized carbons (Fsp3) is 0.222. The van der Waals surface area contributed by atoms with Gasteiger partial charge in [-0.2, -0.15) is 0 Å². The first-order chi connectivity index (χ1) is 15.7. The number of hydrogen-bond donors (Lipinski definition) is 1. The highest BCUT2D eigenvalue weighted by Gasteiger charge is 2.22. The van der Waals surface area contributed by atoms with Gasteiger partial charge >= 0.3 is 0 Å². The molecular formula is C27H24O5. The van der Waals surface area contributed by atoms with Gasteiger partial charge in [0.25, 0.3) is 0 Å². The van der Waals surface area contributed by atoms with E-state index in [1.165, 1.54) is 0 Å². The smallest absolute Gasteiger partial charge is 0.150 e. The molecule has 1 N–H and O–H groups in total. The summed E-state index contributed by atoms with van der Waals surface area (Å²) in [5, 5.41) is 11.9. The molecule has 2 heterocycles. The van der Waals surface area contributed by atoms with Crippen molar-refractivity contribution in [3.05, 3.63) is 89.9 Å². The number of carbonyl (C=O) groups is 1. The molecule has 0 saturated carbocycles. The molecule has 32 heavy (non-hydrogen) atoms. The average Bonchev–Trinajstić information content (AvgIpc) is 3.37. The SMILES string of the molecule is O=Cc1cc(-c2ccoc2)c2ccc(OCc3cccc(C4CC(O)CCO4)c3)cc2c1. The first-order valence-electron chi connectivity index (χ1n) is 10.8. The highest BCUT2D eigenvalue weighted by atomic mass is 16.5.